The summed E-state index contributed by atoms with van der Waals surface area (Å²) in [6.45, 7) is 4.84. The second-order valence-corrected chi connectivity index (χ2v) is 9.26. The van der Waals surface area contributed by atoms with Crippen LogP contribution in [0.5, 0.6) is 5.75 Å². The first kappa shape index (κ1) is 21.9. The quantitative estimate of drug-likeness (QED) is 0.463. The average Bonchev–Trinajstić information content (AvgIpc) is 3.21. The van der Waals surface area contributed by atoms with E-state index in [2.05, 4.69) is 11.0 Å². The van der Waals surface area contributed by atoms with Crippen LogP contribution in [0, 0.1) is 0 Å². The molecule has 0 radical (unpaired) electrons. The second-order valence-electron chi connectivity index (χ2n) is 8.85. The minimum Gasteiger partial charge on any atom is -0.496 e. The zero-order valence-electron chi connectivity index (χ0n) is 19.2. The number of para-hydroxylation sites is 1. The van der Waals surface area contributed by atoms with Gasteiger partial charge in [0, 0.05) is 61.3 Å². The molecule has 1 amide bonds. The third-order valence-electron chi connectivity index (χ3n) is 6.83. The fourth-order valence-corrected chi connectivity index (χ4v) is 5.25. The van der Waals surface area contributed by atoms with Crippen molar-refractivity contribution < 1.29 is 13.9 Å². The lowest BCUT2D eigenvalue weighted by molar-refractivity contribution is -0.126. The summed E-state index contributed by atoms with van der Waals surface area (Å²) < 4.78 is 11.8. The number of allylic oxidation sites excluding steroid dienone is 1. The molecule has 1 aliphatic heterocycles. The summed E-state index contributed by atoms with van der Waals surface area (Å²) in [5.41, 5.74) is 5.06. The molecule has 1 fully saturated rings. The first-order chi connectivity index (χ1) is 16.0. The predicted octanol–water partition coefficient (Wildman–Crippen LogP) is 5.73. The summed E-state index contributed by atoms with van der Waals surface area (Å²) in [5.74, 6) is 1.87. The summed E-state index contributed by atoms with van der Waals surface area (Å²) in [6, 6.07) is 12.0. The third-order valence-corrected chi connectivity index (χ3v) is 7.15. The second kappa shape index (κ2) is 9.14. The Morgan fingerprint density at radius 2 is 1.85 bits per heavy atom. The van der Waals surface area contributed by atoms with E-state index in [0.717, 1.165) is 70.3 Å². The minimum atomic E-state index is 0.0303. The maximum absolute atomic E-state index is 13.1. The van der Waals surface area contributed by atoms with Gasteiger partial charge >= 0.3 is 0 Å². The number of furan rings is 1. The van der Waals surface area contributed by atoms with Crippen LogP contribution in [0.3, 0.4) is 0 Å². The summed E-state index contributed by atoms with van der Waals surface area (Å²) in [6.07, 6.45) is 6.15. The van der Waals surface area contributed by atoms with E-state index in [0.29, 0.717) is 13.1 Å². The van der Waals surface area contributed by atoms with Gasteiger partial charge in [0.25, 0.3) is 0 Å². The van der Waals surface area contributed by atoms with Crippen molar-refractivity contribution in [2.45, 2.75) is 32.6 Å². The predicted molar refractivity (Wildman–Crippen MR) is 133 cm³/mol. The molecule has 0 unspecified atom stereocenters. The van der Waals surface area contributed by atoms with Gasteiger partial charge in [-0.05, 0) is 50.0 Å². The summed E-state index contributed by atoms with van der Waals surface area (Å²) in [7, 11) is 1.66. The normalized spacial score (nSPS) is 16.8. The molecule has 2 aromatic carbocycles. The maximum atomic E-state index is 13.1. The molecule has 0 atom stereocenters. The van der Waals surface area contributed by atoms with E-state index in [1.54, 1.807) is 13.2 Å². The number of benzene rings is 2. The Labute approximate surface area is 199 Å². The Morgan fingerprint density at radius 3 is 2.61 bits per heavy atom. The average molecular weight is 465 g/mol. The number of hydrogen-bond acceptors (Lipinski definition) is 4. The number of halogens is 1. The Balaban J connectivity index is 1.35. The van der Waals surface area contributed by atoms with Gasteiger partial charge in [-0.3, -0.25) is 4.79 Å². The lowest BCUT2D eigenvalue weighted by Gasteiger charge is -2.36. The molecule has 0 spiro atoms. The van der Waals surface area contributed by atoms with Crippen molar-refractivity contribution in [3.63, 3.8) is 0 Å². The van der Waals surface area contributed by atoms with Crippen molar-refractivity contribution in [3.05, 3.63) is 64.4 Å². The lowest BCUT2D eigenvalue weighted by atomic mass is 9.94. The molecule has 6 heteroatoms. The van der Waals surface area contributed by atoms with Crippen LogP contribution < -0.4 is 9.64 Å². The maximum Gasteiger partial charge on any atom is 0.246 e. The van der Waals surface area contributed by atoms with Crippen molar-refractivity contribution in [3.8, 4) is 5.75 Å². The molecule has 1 aliphatic carbocycles. The number of carbonyl (C=O) groups excluding carboxylic acids is 1. The number of anilines is 1. The number of carbonyl (C=O) groups is 1. The molecule has 33 heavy (non-hydrogen) atoms. The number of nitrogens with zero attached hydrogens (tertiary/aromatic N) is 2. The van der Waals surface area contributed by atoms with Crippen LogP contribution in [0.15, 0.2) is 46.9 Å². The van der Waals surface area contributed by atoms with Crippen LogP contribution in [0.2, 0.25) is 5.02 Å². The van der Waals surface area contributed by atoms with E-state index in [4.69, 9.17) is 20.8 Å². The van der Waals surface area contributed by atoms with Crippen LogP contribution in [0.4, 0.5) is 5.69 Å². The smallest absolute Gasteiger partial charge is 0.246 e. The highest BCUT2D eigenvalue weighted by molar-refractivity contribution is 6.33. The van der Waals surface area contributed by atoms with Crippen molar-refractivity contribution in [2.24, 2.45) is 0 Å². The van der Waals surface area contributed by atoms with E-state index in [-0.39, 0.29) is 5.91 Å². The first-order valence-corrected chi connectivity index (χ1v) is 12.0. The highest BCUT2D eigenvalue weighted by Gasteiger charge is 2.23. The molecule has 5 nitrogen and oxygen atoms in total. The lowest BCUT2D eigenvalue weighted by Crippen LogP contribution is -2.48. The molecular formula is C27H29ClN2O3. The molecule has 1 saturated heterocycles. The molecule has 0 N–H and O–H groups in total. The van der Waals surface area contributed by atoms with Gasteiger partial charge < -0.3 is 19.0 Å². The van der Waals surface area contributed by atoms with E-state index < -0.39 is 0 Å². The Hall–Kier alpha value is -2.92. The van der Waals surface area contributed by atoms with Gasteiger partial charge in [-0.25, -0.2) is 0 Å². The molecule has 5 rings (SSSR count). The van der Waals surface area contributed by atoms with E-state index >= 15 is 0 Å². The van der Waals surface area contributed by atoms with Gasteiger partial charge in [0.15, 0.2) is 0 Å². The number of aryl methyl sites for hydroxylation is 2. The molecular weight excluding hydrogens is 436 g/mol. The van der Waals surface area contributed by atoms with Crippen LogP contribution >= 0.6 is 11.6 Å². The van der Waals surface area contributed by atoms with E-state index in [1.807, 2.05) is 42.2 Å². The summed E-state index contributed by atoms with van der Waals surface area (Å²) in [5, 5.41) is 1.89. The number of piperazine rings is 1. The zero-order valence-corrected chi connectivity index (χ0v) is 20.0. The molecule has 2 heterocycles. The SMILES string of the molecule is COc1cc2oc3c(c2cc1/C(C)=C/C(=O)N1CCN(c2ccccc2Cl)CC1)CCCC3. The fraction of sp³-hybridized carbons (Fsp3) is 0.370. The molecule has 2 aliphatic rings. The van der Waals surface area contributed by atoms with Gasteiger partial charge in [0.1, 0.15) is 17.1 Å². The molecule has 172 valence electrons. The largest absolute Gasteiger partial charge is 0.496 e. The molecule has 0 bridgehead atoms. The highest BCUT2D eigenvalue weighted by Crippen LogP contribution is 2.38. The van der Waals surface area contributed by atoms with Gasteiger partial charge in [-0.2, -0.15) is 0 Å². The Bertz CT molecular complexity index is 1220. The standard InChI is InChI=1S/C27H29ClN2O3/c1-18(15-27(31)30-13-11-29(12-14-30)23-9-5-4-8-22(23)28)20-16-21-19-7-3-6-10-24(19)33-26(21)17-25(20)32-2/h4-5,8-9,15-17H,3,6-7,10-14H2,1-2H3/b18-15+. The summed E-state index contributed by atoms with van der Waals surface area (Å²) >= 11 is 6.35. The van der Waals surface area contributed by atoms with Crippen LogP contribution in [-0.2, 0) is 17.6 Å². The number of amides is 1. The van der Waals surface area contributed by atoms with Crippen molar-refractivity contribution >= 4 is 39.7 Å². The third kappa shape index (κ3) is 4.22. The minimum absolute atomic E-state index is 0.0303. The van der Waals surface area contributed by atoms with Crippen LogP contribution in [0.25, 0.3) is 16.5 Å². The highest BCUT2D eigenvalue weighted by atomic mass is 35.5. The van der Waals surface area contributed by atoms with E-state index in [1.165, 1.54) is 18.4 Å². The molecule has 1 aromatic heterocycles. The van der Waals surface area contributed by atoms with Gasteiger partial charge in [0.05, 0.1) is 17.8 Å². The Morgan fingerprint density at radius 1 is 1.09 bits per heavy atom. The number of hydrogen-bond donors (Lipinski definition) is 0. The van der Waals surface area contributed by atoms with E-state index in [9.17, 15) is 4.79 Å². The monoisotopic (exact) mass is 464 g/mol. The Kier molecular flexibility index (Phi) is 6.07. The van der Waals surface area contributed by atoms with Crippen molar-refractivity contribution in [2.75, 3.05) is 38.2 Å². The number of rotatable bonds is 4. The molecule has 3 aromatic rings. The fourth-order valence-electron chi connectivity index (χ4n) is 5.00. The van der Waals surface area contributed by atoms with Crippen molar-refractivity contribution in [1.82, 2.24) is 4.90 Å². The van der Waals surface area contributed by atoms with Crippen LogP contribution in [-0.4, -0.2) is 44.1 Å². The zero-order chi connectivity index (χ0) is 22.9. The molecule has 0 saturated carbocycles. The number of methoxy groups -OCH3 is 1. The van der Waals surface area contributed by atoms with Gasteiger partial charge in [-0.15, -0.1) is 0 Å². The van der Waals surface area contributed by atoms with Gasteiger partial charge in [0.2, 0.25) is 5.91 Å². The van der Waals surface area contributed by atoms with Crippen molar-refractivity contribution in [1.29, 1.82) is 0 Å². The first-order valence-electron chi connectivity index (χ1n) is 11.6. The number of fused-ring (bicyclic) bond motifs is 3. The van der Waals surface area contributed by atoms with Gasteiger partial charge in [-0.1, -0.05) is 23.7 Å². The topological polar surface area (TPSA) is 45.9 Å². The number of ether oxygens (including phenoxy) is 1. The van der Waals surface area contributed by atoms with Crippen LogP contribution in [0.1, 0.15) is 36.7 Å². The summed E-state index contributed by atoms with van der Waals surface area (Å²) in [4.78, 5) is 17.2.